The predicted molar refractivity (Wildman–Crippen MR) is 78.1 cm³/mol. The van der Waals surface area contributed by atoms with E-state index in [2.05, 4.69) is 4.72 Å². The van der Waals surface area contributed by atoms with Gasteiger partial charge in [-0.25, -0.2) is 13.1 Å². The summed E-state index contributed by atoms with van der Waals surface area (Å²) in [7, 11) is -3.83. The van der Waals surface area contributed by atoms with Crippen LogP contribution in [0.4, 0.5) is 0 Å². The van der Waals surface area contributed by atoms with Crippen LogP contribution < -0.4 is 4.72 Å². The molecule has 1 saturated heterocycles. The van der Waals surface area contributed by atoms with Gasteiger partial charge in [-0.3, -0.25) is 0 Å². The van der Waals surface area contributed by atoms with E-state index in [4.69, 9.17) is 37.8 Å². The molecule has 1 atom stereocenters. The molecule has 1 aliphatic heterocycles. The molecule has 0 radical (unpaired) electrons. The van der Waals surface area contributed by atoms with E-state index in [1.54, 1.807) is 0 Å². The first-order valence-corrected chi connectivity index (χ1v) is 8.45. The summed E-state index contributed by atoms with van der Waals surface area (Å²) in [6.45, 7) is 0.974. The molecule has 0 aliphatic carbocycles. The van der Waals surface area contributed by atoms with Gasteiger partial charge in [0.15, 0.2) is 0 Å². The number of benzene rings is 1. The van der Waals surface area contributed by atoms with E-state index >= 15 is 0 Å². The predicted octanol–water partition coefficient (Wildman–Crippen LogP) is 1.18. The number of ether oxygens (including phenoxy) is 2. The van der Waals surface area contributed by atoms with Crippen molar-refractivity contribution in [3.8, 4) is 0 Å². The van der Waals surface area contributed by atoms with Crippen LogP contribution in [0, 0.1) is 0 Å². The Morgan fingerprint density at radius 1 is 1.29 bits per heavy atom. The summed E-state index contributed by atoms with van der Waals surface area (Å²) in [6.07, 6.45) is -0.336. The fourth-order valence-corrected chi connectivity index (χ4v) is 3.75. The molecule has 2 rings (SSSR count). The van der Waals surface area contributed by atoms with E-state index in [9.17, 15) is 8.42 Å². The van der Waals surface area contributed by atoms with E-state index in [0.29, 0.717) is 25.4 Å². The van der Waals surface area contributed by atoms with Crippen molar-refractivity contribution in [1.82, 2.24) is 4.72 Å². The van der Waals surface area contributed by atoms with Crippen LogP contribution in [0.1, 0.15) is 5.56 Å². The van der Waals surface area contributed by atoms with Gasteiger partial charge in [0.25, 0.3) is 0 Å². The Balaban J connectivity index is 2.15. The maximum absolute atomic E-state index is 12.3. The van der Waals surface area contributed by atoms with Crippen LogP contribution in [0.3, 0.4) is 0 Å². The van der Waals surface area contributed by atoms with E-state index in [1.807, 2.05) is 0 Å². The maximum Gasteiger partial charge on any atom is 0.242 e. The van der Waals surface area contributed by atoms with Gasteiger partial charge in [0.1, 0.15) is 4.90 Å². The molecular formula is C12H15Cl2NO5S. The average molecular weight is 356 g/mol. The highest BCUT2D eigenvalue weighted by Gasteiger charge is 2.23. The highest BCUT2D eigenvalue weighted by Crippen LogP contribution is 2.28. The third-order valence-electron chi connectivity index (χ3n) is 2.95. The van der Waals surface area contributed by atoms with Gasteiger partial charge in [-0.15, -0.1) is 0 Å². The van der Waals surface area contributed by atoms with Crippen molar-refractivity contribution in [2.75, 3.05) is 26.4 Å². The topological polar surface area (TPSA) is 84.9 Å². The van der Waals surface area contributed by atoms with Crippen molar-refractivity contribution in [2.45, 2.75) is 17.6 Å². The molecule has 0 spiro atoms. The Morgan fingerprint density at radius 2 is 2.05 bits per heavy atom. The van der Waals surface area contributed by atoms with Crippen LogP contribution in [0.2, 0.25) is 10.0 Å². The molecule has 1 aromatic rings. The summed E-state index contributed by atoms with van der Waals surface area (Å²) in [4.78, 5) is -0.130. The zero-order chi connectivity index (χ0) is 15.5. The normalized spacial score (nSPS) is 19.7. The van der Waals surface area contributed by atoms with Crippen LogP contribution in [0.15, 0.2) is 17.0 Å². The molecule has 1 fully saturated rings. The van der Waals surface area contributed by atoms with Gasteiger partial charge in [0, 0.05) is 11.6 Å². The van der Waals surface area contributed by atoms with Gasteiger partial charge in [-0.05, 0) is 17.7 Å². The number of hydrogen-bond donors (Lipinski definition) is 2. The van der Waals surface area contributed by atoms with Gasteiger partial charge in [0.05, 0.1) is 37.6 Å². The average Bonchev–Trinajstić information content (AvgIpc) is 2.46. The summed E-state index contributed by atoms with van der Waals surface area (Å²) in [5.74, 6) is 0. The van der Waals surface area contributed by atoms with Crippen LogP contribution in [0.25, 0.3) is 0 Å². The second-order valence-corrected chi connectivity index (χ2v) is 7.00. The van der Waals surface area contributed by atoms with Gasteiger partial charge in [-0.1, -0.05) is 23.2 Å². The first kappa shape index (κ1) is 17.0. The Kier molecular flexibility index (Phi) is 5.84. The fourth-order valence-electron chi connectivity index (χ4n) is 1.83. The third-order valence-corrected chi connectivity index (χ3v) is 5.19. The van der Waals surface area contributed by atoms with Crippen molar-refractivity contribution < 1.29 is 23.0 Å². The summed E-state index contributed by atoms with van der Waals surface area (Å²) in [5, 5.41) is 9.36. The lowest BCUT2D eigenvalue weighted by atomic mass is 10.2. The summed E-state index contributed by atoms with van der Waals surface area (Å²) in [6, 6.07) is 2.55. The Bertz CT molecular complexity index is 602. The van der Waals surface area contributed by atoms with Gasteiger partial charge < -0.3 is 14.6 Å². The molecule has 21 heavy (non-hydrogen) atoms. The molecular weight excluding hydrogens is 341 g/mol. The maximum atomic E-state index is 12.3. The molecule has 1 aliphatic rings. The number of nitrogens with one attached hydrogen (secondary N) is 1. The minimum atomic E-state index is -3.83. The van der Waals surface area contributed by atoms with E-state index in [-0.39, 0.29) is 34.2 Å². The highest BCUT2D eigenvalue weighted by atomic mass is 35.5. The Hall–Kier alpha value is -0.410. The second-order valence-electron chi connectivity index (χ2n) is 4.45. The van der Waals surface area contributed by atoms with Crippen LogP contribution >= 0.6 is 23.2 Å². The molecule has 1 aromatic carbocycles. The Labute approximate surface area is 133 Å². The van der Waals surface area contributed by atoms with Crippen molar-refractivity contribution in [3.63, 3.8) is 0 Å². The van der Waals surface area contributed by atoms with Gasteiger partial charge >= 0.3 is 0 Å². The largest absolute Gasteiger partial charge is 0.392 e. The first-order chi connectivity index (χ1) is 9.94. The molecule has 0 bridgehead atoms. The molecule has 1 heterocycles. The van der Waals surface area contributed by atoms with Crippen molar-refractivity contribution in [1.29, 1.82) is 0 Å². The van der Waals surface area contributed by atoms with Crippen LogP contribution in [0.5, 0.6) is 0 Å². The zero-order valence-electron chi connectivity index (χ0n) is 11.0. The SMILES string of the molecule is O=S(=O)(NCC1COCCO1)c1cc(CO)c(Cl)cc1Cl. The molecule has 6 nitrogen and oxygen atoms in total. The molecule has 1 unspecified atom stereocenters. The molecule has 118 valence electrons. The van der Waals surface area contributed by atoms with E-state index in [1.165, 1.54) is 12.1 Å². The smallest absolute Gasteiger partial charge is 0.242 e. The summed E-state index contributed by atoms with van der Waals surface area (Å²) >= 11 is 11.8. The summed E-state index contributed by atoms with van der Waals surface area (Å²) < 4.78 is 37.5. The highest BCUT2D eigenvalue weighted by molar-refractivity contribution is 7.89. The molecule has 9 heteroatoms. The fraction of sp³-hybridized carbons (Fsp3) is 0.500. The van der Waals surface area contributed by atoms with Crippen molar-refractivity contribution in [3.05, 3.63) is 27.7 Å². The minimum absolute atomic E-state index is 0.00878. The van der Waals surface area contributed by atoms with E-state index in [0.717, 1.165) is 0 Å². The number of halogens is 2. The lowest BCUT2D eigenvalue weighted by molar-refractivity contribution is -0.0846. The van der Waals surface area contributed by atoms with Crippen LogP contribution in [-0.2, 0) is 26.1 Å². The third kappa shape index (κ3) is 4.29. The molecule has 0 aromatic heterocycles. The first-order valence-electron chi connectivity index (χ1n) is 6.22. The standard InChI is InChI=1S/C12H15Cl2NO5S/c13-10-4-11(14)12(3-8(10)6-16)21(17,18)15-5-9-7-19-1-2-20-9/h3-4,9,15-16H,1-2,5-7H2. The quantitative estimate of drug-likeness (QED) is 0.828. The number of aliphatic hydroxyl groups is 1. The van der Waals surface area contributed by atoms with Gasteiger partial charge in [-0.2, -0.15) is 0 Å². The Morgan fingerprint density at radius 3 is 2.67 bits per heavy atom. The number of hydrogen-bond acceptors (Lipinski definition) is 5. The zero-order valence-corrected chi connectivity index (χ0v) is 13.3. The minimum Gasteiger partial charge on any atom is -0.392 e. The van der Waals surface area contributed by atoms with E-state index < -0.39 is 10.0 Å². The lowest BCUT2D eigenvalue weighted by Crippen LogP contribution is -2.39. The van der Waals surface area contributed by atoms with Crippen LogP contribution in [-0.4, -0.2) is 46.0 Å². The monoisotopic (exact) mass is 355 g/mol. The summed E-state index contributed by atoms with van der Waals surface area (Å²) in [5.41, 5.74) is 0.290. The lowest BCUT2D eigenvalue weighted by Gasteiger charge is -2.23. The molecule has 0 amide bonds. The number of aliphatic hydroxyl groups excluding tert-OH is 1. The molecule has 0 saturated carbocycles. The number of sulfonamides is 1. The number of rotatable bonds is 5. The van der Waals surface area contributed by atoms with Crippen molar-refractivity contribution >= 4 is 33.2 Å². The van der Waals surface area contributed by atoms with Gasteiger partial charge in [0.2, 0.25) is 10.0 Å². The molecule has 2 N–H and O–H groups in total. The second kappa shape index (κ2) is 7.23. The van der Waals surface area contributed by atoms with Crippen molar-refractivity contribution in [2.24, 2.45) is 0 Å².